The Bertz CT molecular complexity index is 895. The predicted molar refractivity (Wildman–Crippen MR) is 103 cm³/mol. The fourth-order valence-electron chi connectivity index (χ4n) is 2.57. The number of nitrogens with one attached hydrogen (secondary N) is 1. The van der Waals surface area contributed by atoms with Gasteiger partial charge in [-0.3, -0.25) is 4.68 Å². The zero-order valence-electron chi connectivity index (χ0n) is 16.2. The van der Waals surface area contributed by atoms with Crippen molar-refractivity contribution >= 4 is 5.96 Å². The third-order valence-electron chi connectivity index (χ3n) is 4.39. The number of rotatable bonds is 6. The van der Waals surface area contributed by atoms with Crippen LogP contribution in [0.5, 0.6) is 0 Å². The molecule has 3 rings (SSSR count). The summed E-state index contributed by atoms with van der Waals surface area (Å²) < 4.78 is 3.72. The van der Waals surface area contributed by atoms with Gasteiger partial charge >= 0.3 is 0 Å². The first-order valence-electron chi connectivity index (χ1n) is 8.75. The Hall–Kier alpha value is -3.23. The smallest absolute Gasteiger partial charge is 0.194 e. The van der Waals surface area contributed by atoms with Gasteiger partial charge in [0.2, 0.25) is 0 Å². The highest BCUT2D eigenvalue weighted by Gasteiger charge is 2.12. The van der Waals surface area contributed by atoms with Gasteiger partial charge in [-0.25, -0.2) is 9.98 Å². The molecule has 0 atom stereocenters. The summed E-state index contributed by atoms with van der Waals surface area (Å²) in [6, 6.07) is 10.2. The van der Waals surface area contributed by atoms with Crippen LogP contribution in [0.1, 0.15) is 23.0 Å². The molecule has 1 aromatic carbocycles. The van der Waals surface area contributed by atoms with E-state index in [0.717, 1.165) is 29.0 Å². The van der Waals surface area contributed by atoms with E-state index >= 15 is 0 Å². The lowest BCUT2D eigenvalue weighted by molar-refractivity contribution is 0.445. The molecule has 0 unspecified atom stereocenters. The Morgan fingerprint density at radius 1 is 1.15 bits per heavy atom. The number of aryl methyl sites for hydroxylation is 2. The summed E-state index contributed by atoms with van der Waals surface area (Å²) in [5.41, 5.74) is 1.15. The molecule has 0 aliphatic heterocycles. The Kier molecular flexibility index (Phi) is 5.80. The van der Waals surface area contributed by atoms with Gasteiger partial charge in [-0.1, -0.05) is 30.3 Å². The van der Waals surface area contributed by atoms with Gasteiger partial charge in [0.05, 0.1) is 19.6 Å². The molecule has 0 fully saturated rings. The van der Waals surface area contributed by atoms with Crippen molar-refractivity contribution < 1.29 is 0 Å². The van der Waals surface area contributed by atoms with Crippen LogP contribution in [0.25, 0.3) is 0 Å². The normalized spacial score (nSPS) is 11.6. The highest BCUT2D eigenvalue weighted by Crippen LogP contribution is 2.04. The monoisotopic (exact) mass is 367 g/mol. The maximum Gasteiger partial charge on any atom is 0.194 e. The van der Waals surface area contributed by atoms with Gasteiger partial charge in [0.25, 0.3) is 0 Å². The maximum atomic E-state index is 4.77. The number of nitrogens with zero attached hydrogens (tertiary/aromatic N) is 8. The molecular weight excluding hydrogens is 342 g/mol. The van der Waals surface area contributed by atoms with Crippen LogP contribution in [0.15, 0.2) is 41.7 Å². The molecule has 9 heteroatoms. The lowest BCUT2D eigenvalue weighted by Crippen LogP contribution is -2.39. The Morgan fingerprint density at radius 2 is 1.93 bits per heavy atom. The third-order valence-corrected chi connectivity index (χ3v) is 4.39. The minimum absolute atomic E-state index is 0.536. The van der Waals surface area contributed by atoms with Crippen molar-refractivity contribution in [3.63, 3.8) is 0 Å². The number of benzene rings is 1. The van der Waals surface area contributed by atoms with Crippen molar-refractivity contribution in [2.24, 2.45) is 19.1 Å². The number of guanidine groups is 1. The van der Waals surface area contributed by atoms with E-state index in [4.69, 9.17) is 4.99 Å². The second kappa shape index (κ2) is 8.43. The third kappa shape index (κ3) is 4.69. The van der Waals surface area contributed by atoms with Crippen molar-refractivity contribution in [3.8, 4) is 0 Å². The summed E-state index contributed by atoms with van der Waals surface area (Å²) >= 11 is 0. The molecule has 142 valence electrons. The highest BCUT2D eigenvalue weighted by atomic mass is 15.4. The topological polar surface area (TPSA) is 89.1 Å². The van der Waals surface area contributed by atoms with E-state index in [2.05, 4.69) is 37.7 Å². The molecule has 0 aliphatic carbocycles. The fourth-order valence-corrected chi connectivity index (χ4v) is 2.57. The average Bonchev–Trinajstić information content (AvgIpc) is 3.22. The van der Waals surface area contributed by atoms with Gasteiger partial charge in [0.15, 0.2) is 11.8 Å². The molecule has 27 heavy (non-hydrogen) atoms. The van der Waals surface area contributed by atoms with Crippen molar-refractivity contribution in [2.75, 3.05) is 7.05 Å². The molecule has 0 bridgehead atoms. The van der Waals surface area contributed by atoms with Crippen LogP contribution in [0.3, 0.4) is 0 Å². The standard InChI is InChI=1S/C18H25N9/c1-14-23-24-16(26(14)3)11-20-18(19-10-15-8-6-5-7-9-15)25(2)12-17-21-13-22-27(17)4/h5-9,13H,10-12H2,1-4H3,(H,19,20). The molecule has 0 amide bonds. The second-order valence-corrected chi connectivity index (χ2v) is 6.36. The van der Waals surface area contributed by atoms with E-state index in [1.54, 1.807) is 11.0 Å². The van der Waals surface area contributed by atoms with Crippen molar-refractivity contribution in [1.82, 2.24) is 39.7 Å². The van der Waals surface area contributed by atoms with Gasteiger partial charge in [-0.05, 0) is 12.5 Å². The first-order valence-corrected chi connectivity index (χ1v) is 8.75. The van der Waals surface area contributed by atoms with E-state index in [1.165, 1.54) is 0 Å². The molecular formula is C18H25N9. The van der Waals surface area contributed by atoms with Gasteiger partial charge in [-0.15, -0.1) is 10.2 Å². The number of hydrogen-bond acceptors (Lipinski definition) is 5. The van der Waals surface area contributed by atoms with E-state index in [0.29, 0.717) is 19.6 Å². The molecule has 2 aromatic heterocycles. The minimum atomic E-state index is 0.536. The lowest BCUT2D eigenvalue weighted by Gasteiger charge is -2.22. The number of aliphatic imine (C=N–C) groups is 1. The van der Waals surface area contributed by atoms with Gasteiger partial charge in [0.1, 0.15) is 18.0 Å². The molecule has 1 N–H and O–H groups in total. The van der Waals surface area contributed by atoms with Crippen LogP contribution in [0.2, 0.25) is 0 Å². The summed E-state index contributed by atoms with van der Waals surface area (Å²) in [4.78, 5) is 11.1. The van der Waals surface area contributed by atoms with Crippen LogP contribution in [0, 0.1) is 6.92 Å². The molecule has 2 heterocycles. The summed E-state index contributed by atoms with van der Waals surface area (Å²) in [7, 11) is 5.82. The van der Waals surface area contributed by atoms with Crippen molar-refractivity contribution in [1.29, 1.82) is 0 Å². The van der Waals surface area contributed by atoms with Crippen LogP contribution in [-0.2, 0) is 33.7 Å². The first kappa shape index (κ1) is 18.6. The summed E-state index contributed by atoms with van der Waals surface area (Å²) in [6.07, 6.45) is 1.56. The minimum Gasteiger partial charge on any atom is -0.349 e. The SMILES string of the molecule is Cc1nnc(CNC(=NCc2ccccc2)N(C)Cc2ncnn2C)n1C. The van der Waals surface area contributed by atoms with Gasteiger partial charge < -0.3 is 14.8 Å². The zero-order chi connectivity index (χ0) is 19.2. The molecule has 0 radical (unpaired) electrons. The molecule has 0 saturated carbocycles. The van der Waals surface area contributed by atoms with E-state index in [-0.39, 0.29) is 0 Å². The summed E-state index contributed by atoms with van der Waals surface area (Å²) in [6.45, 7) is 3.65. The van der Waals surface area contributed by atoms with Crippen LogP contribution < -0.4 is 5.32 Å². The molecule has 0 spiro atoms. The van der Waals surface area contributed by atoms with Crippen molar-refractivity contribution in [3.05, 3.63) is 59.7 Å². The number of aromatic nitrogens is 6. The molecule has 3 aromatic rings. The second-order valence-electron chi connectivity index (χ2n) is 6.36. The van der Waals surface area contributed by atoms with Crippen LogP contribution in [0.4, 0.5) is 0 Å². The van der Waals surface area contributed by atoms with E-state index in [1.807, 2.05) is 55.7 Å². The van der Waals surface area contributed by atoms with Gasteiger partial charge in [0, 0.05) is 21.1 Å². The predicted octanol–water partition coefficient (Wildman–Crippen LogP) is 1.03. The largest absolute Gasteiger partial charge is 0.349 e. The molecule has 9 nitrogen and oxygen atoms in total. The van der Waals surface area contributed by atoms with E-state index < -0.39 is 0 Å². The first-order chi connectivity index (χ1) is 13.0. The maximum absolute atomic E-state index is 4.77. The van der Waals surface area contributed by atoms with Crippen LogP contribution >= 0.6 is 0 Å². The zero-order valence-corrected chi connectivity index (χ0v) is 16.2. The quantitative estimate of drug-likeness (QED) is 0.517. The Morgan fingerprint density at radius 3 is 2.56 bits per heavy atom. The van der Waals surface area contributed by atoms with Crippen LogP contribution in [-0.4, -0.2) is 47.4 Å². The summed E-state index contributed by atoms with van der Waals surface area (Å²) in [5.74, 6) is 3.36. The molecule has 0 saturated heterocycles. The summed E-state index contributed by atoms with van der Waals surface area (Å²) in [5, 5.41) is 15.8. The number of hydrogen-bond donors (Lipinski definition) is 1. The Balaban J connectivity index is 1.74. The highest BCUT2D eigenvalue weighted by molar-refractivity contribution is 5.79. The lowest BCUT2D eigenvalue weighted by atomic mass is 10.2. The molecule has 0 aliphatic rings. The van der Waals surface area contributed by atoms with Crippen molar-refractivity contribution in [2.45, 2.75) is 26.6 Å². The fraction of sp³-hybridized carbons (Fsp3) is 0.389. The Labute approximate surface area is 158 Å². The van der Waals surface area contributed by atoms with Gasteiger partial charge in [-0.2, -0.15) is 5.10 Å². The average molecular weight is 367 g/mol. The van der Waals surface area contributed by atoms with E-state index in [9.17, 15) is 0 Å².